The van der Waals surface area contributed by atoms with Gasteiger partial charge < -0.3 is 52.3 Å². The molecular formula is C61H82N10O8. The van der Waals surface area contributed by atoms with E-state index in [1.807, 2.05) is 140 Å². The molecule has 18 heteroatoms. The Hall–Kier alpha value is -7.18. The molecule has 8 N–H and O–H groups in total. The smallest absolute Gasteiger partial charge is 0.246 e. The van der Waals surface area contributed by atoms with Gasteiger partial charge in [-0.15, -0.1) is 0 Å². The number of likely N-dealkylation sites (tertiary alicyclic amines) is 2. The van der Waals surface area contributed by atoms with Crippen molar-refractivity contribution < 1.29 is 38.4 Å². The summed E-state index contributed by atoms with van der Waals surface area (Å²) in [5.74, 6) is -3.20. The van der Waals surface area contributed by atoms with Crippen molar-refractivity contribution in [2.75, 3.05) is 27.2 Å². The van der Waals surface area contributed by atoms with Gasteiger partial charge in [0.15, 0.2) is 0 Å². The second-order valence-electron chi connectivity index (χ2n) is 23.6. The molecule has 0 saturated carbocycles. The molecule has 2 heterocycles. The molecule has 4 aliphatic rings. The van der Waals surface area contributed by atoms with Gasteiger partial charge in [-0.3, -0.25) is 38.4 Å². The summed E-state index contributed by atoms with van der Waals surface area (Å²) in [6, 6.07) is 16.2. The molecule has 9 atom stereocenters. The van der Waals surface area contributed by atoms with Crippen LogP contribution in [0.15, 0.2) is 90.5 Å². The average Bonchev–Trinajstić information content (AvgIpc) is 4.33. The fourth-order valence-electron chi connectivity index (χ4n) is 11.4. The lowest BCUT2D eigenvalue weighted by Crippen LogP contribution is -2.59. The molecule has 3 aromatic carbocycles. The van der Waals surface area contributed by atoms with Crippen molar-refractivity contribution in [1.82, 2.24) is 52.3 Å². The molecule has 2 fully saturated rings. The van der Waals surface area contributed by atoms with Crippen molar-refractivity contribution in [3.8, 4) is 11.1 Å². The van der Waals surface area contributed by atoms with Crippen LogP contribution in [0.2, 0.25) is 0 Å². The van der Waals surface area contributed by atoms with Gasteiger partial charge in [-0.25, -0.2) is 0 Å². The molecule has 0 aromatic heterocycles. The number of nitrogens with one attached hydrogen (secondary N) is 8. The number of benzene rings is 3. The van der Waals surface area contributed by atoms with Crippen LogP contribution >= 0.6 is 0 Å². The first-order chi connectivity index (χ1) is 37.4. The van der Waals surface area contributed by atoms with Crippen molar-refractivity contribution in [3.63, 3.8) is 0 Å². The van der Waals surface area contributed by atoms with E-state index >= 15 is 0 Å². The van der Waals surface area contributed by atoms with Gasteiger partial charge in [-0.05, 0) is 116 Å². The van der Waals surface area contributed by atoms with Crippen molar-refractivity contribution >= 4 is 52.8 Å². The summed E-state index contributed by atoms with van der Waals surface area (Å²) >= 11 is 0. The highest BCUT2D eigenvalue weighted by Crippen LogP contribution is 2.45. The van der Waals surface area contributed by atoms with Gasteiger partial charge in [-0.1, -0.05) is 126 Å². The van der Waals surface area contributed by atoms with Crippen molar-refractivity contribution in [1.29, 1.82) is 0 Å². The summed E-state index contributed by atoms with van der Waals surface area (Å²) in [4.78, 5) is 116. The highest BCUT2D eigenvalue weighted by molar-refractivity contribution is 5.97. The van der Waals surface area contributed by atoms with Crippen LogP contribution < -0.4 is 42.5 Å². The average molecular weight is 1080 g/mol. The number of hydrogen-bond acceptors (Lipinski definition) is 10. The quantitative estimate of drug-likeness (QED) is 0.0873. The molecule has 2 aliphatic carbocycles. The minimum atomic E-state index is -1.00. The molecule has 8 amide bonds. The summed E-state index contributed by atoms with van der Waals surface area (Å²) in [6.07, 6.45) is 4.27. The zero-order chi connectivity index (χ0) is 57.7. The number of amides is 8. The predicted molar refractivity (Wildman–Crippen MR) is 304 cm³/mol. The van der Waals surface area contributed by atoms with E-state index in [1.54, 1.807) is 27.9 Å². The molecule has 3 aromatic rings. The first-order valence-corrected chi connectivity index (χ1v) is 27.8. The Morgan fingerprint density at radius 1 is 0.544 bits per heavy atom. The van der Waals surface area contributed by atoms with E-state index in [0.717, 1.165) is 44.5 Å². The van der Waals surface area contributed by atoms with E-state index in [2.05, 4.69) is 42.5 Å². The molecule has 0 spiro atoms. The molecule has 2 saturated heterocycles. The molecule has 0 bridgehead atoms. The minimum absolute atomic E-state index is 0.00466. The van der Waals surface area contributed by atoms with Crippen LogP contribution in [-0.2, 0) is 38.4 Å². The van der Waals surface area contributed by atoms with Crippen LogP contribution in [0, 0.1) is 10.8 Å². The van der Waals surface area contributed by atoms with Crippen molar-refractivity contribution in [2.45, 2.75) is 162 Å². The summed E-state index contributed by atoms with van der Waals surface area (Å²) in [5, 5.41) is 24.2. The molecule has 18 nitrogen and oxygen atoms in total. The van der Waals surface area contributed by atoms with Crippen LogP contribution in [0.25, 0.3) is 16.7 Å². The second kappa shape index (κ2) is 24.9. The SMILES string of the molecule is CC=C1C(=CC)C(NC(=O)[C@@H]2C[C@H](NC(=O)CCCC(=O)N[C@H]3C[C@@H](C(=O)NC4c5ccccc5-c5ccccc54)N(C(=O)[C@@H](NC(=O)[C@H](C)NC)C(C)(C)C)C3)CN2C(=O)[C@@H](NC(=O)[C@H](C)NC)C(C)(C)C)c2ccccc21. The van der Waals surface area contributed by atoms with E-state index in [1.165, 1.54) is 9.80 Å². The maximum Gasteiger partial charge on any atom is 0.246 e. The number of carbonyl (C=O) groups is 8. The largest absolute Gasteiger partial charge is 0.351 e. The monoisotopic (exact) mass is 1080 g/mol. The molecule has 424 valence electrons. The van der Waals surface area contributed by atoms with Gasteiger partial charge >= 0.3 is 0 Å². The molecule has 7 rings (SSSR count). The number of hydrogen-bond donors (Lipinski definition) is 8. The third-order valence-electron chi connectivity index (χ3n) is 16.0. The standard InChI is InChI=1S/C61H82N10O8/c1-13-38-39(14-2)50(43-25-18-15-22-40(38)43)66-56(76)46-30-36(32-70(46)58(78)52(60(5,6)7)68-54(74)34(3)62-11)64-48(72)28-21-29-49(73)65-37-31-47(71(33-37)59(79)53(61(8,9)10)69-55(75)35(4)63-12)57(77)67-51-44-26-19-16-23-41(44)42-24-17-20-27-45(42)51/h13-20,22-27,34-37,46-47,50-53,62-63H,21,28-33H2,1-12H3,(H,64,72)(H,65,73)(H,66,76)(H,67,77)(H,68,74)(H,69,75)/t34-,35-,36-,37-,46-,47-,50?,52+,53+/m0/s1. The van der Waals surface area contributed by atoms with Gasteiger partial charge in [0, 0.05) is 38.0 Å². The molecule has 0 radical (unpaired) electrons. The Kier molecular flexibility index (Phi) is 18.7. The normalized spacial score (nSPS) is 22.3. The maximum atomic E-state index is 14.7. The summed E-state index contributed by atoms with van der Waals surface area (Å²) < 4.78 is 0. The number of likely N-dealkylation sites (N-methyl/N-ethyl adjacent to an activating group) is 2. The fourth-order valence-corrected chi connectivity index (χ4v) is 11.4. The molecular weight excluding hydrogens is 1000 g/mol. The zero-order valence-electron chi connectivity index (χ0n) is 48.0. The minimum Gasteiger partial charge on any atom is -0.351 e. The molecule has 1 unspecified atom stereocenters. The lowest BCUT2D eigenvalue weighted by atomic mass is 9.85. The van der Waals surface area contributed by atoms with Crippen LogP contribution in [-0.4, -0.2) is 133 Å². The zero-order valence-corrected chi connectivity index (χ0v) is 48.0. The lowest BCUT2D eigenvalue weighted by Gasteiger charge is -2.36. The highest BCUT2D eigenvalue weighted by Gasteiger charge is 2.48. The van der Waals surface area contributed by atoms with Gasteiger partial charge in [0.1, 0.15) is 24.2 Å². The van der Waals surface area contributed by atoms with Crippen LogP contribution in [0.4, 0.5) is 0 Å². The Morgan fingerprint density at radius 2 is 0.924 bits per heavy atom. The van der Waals surface area contributed by atoms with Gasteiger partial charge in [0.25, 0.3) is 0 Å². The summed E-state index contributed by atoms with van der Waals surface area (Å²) in [6.45, 7) is 18.3. The highest BCUT2D eigenvalue weighted by atomic mass is 16.2. The molecule has 79 heavy (non-hydrogen) atoms. The van der Waals surface area contributed by atoms with Gasteiger partial charge in [0.05, 0.1) is 24.2 Å². The van der Waals surface area contributed by atoms with Crippen molar-refractivity contribution in [3.05, 3.63) is 113 Å². The van der Waals surface area contributed by atoms with E-state index in [-0.39, 0.29) is 68.8 Å². The topological polar surface area (TPSA) is 239 Å². The number of allylic oxidation sites excluding steroid dienone is 2. The number of fused-ring (bicyclic) bond motifs is 4. The molecule has 2 aliphatic heterocycles. The third-order valence-corrected chi connectivity index (χ3v) is 16.0. The van der Waals surface area contributed by atoms with Crippen LogP contribution in [0.1, 0.15) is 136 Å². The summed E-state index contributed by atoms with van der Waals surface area (Å²) in [5.41, 5.74) is 6.24. The third kappa shape index (κ3) is 13.1. The summed E-state index contributed by atoms with van der Waals surface area (Å²) in [7, 11) is 3.30. The number of rotatable bonds is 18. The fraction of sp³-hybridized carbons (Fsp3) is 0.508. The van der Waals surface area contributed by atoms with E-state index < -0.39 is 94.9 Å². The Balaban J connectivity index is 1.03. The van der Waals surface area contributed by atoms with Crippen LogP contribution in [0.5, 0.6) is 0 Å². The van der Waals surface area contributed by atoms with Gasteiger partial charge in [-0.2, -0.15) is 0 Å². The second-order valence-corrected chi connectivity index (χ2v) is 23.6. The Bertz CT molecular complexity index is 2840. The number of nitrogens with zero attached hydrogens (tertiary/aromatic N) is 2. The Labute approximate surface area is 465 Å². The van der Waals surface area contributed by atoms with Crippen LogP contribution in [0.3, 0.4) is 0 Å². The lowest BCUT2D eigenvalue weighted by molar-refractivity contribution is -0.144. The van der Waals surface area contributed by atoms with Crippen molar-refractivity contribution in [2.24, 2.45) is 10.8 Å². The predicted octanol–water partition coefficient (Wildman–Crippen LogP) is 4.71. The van der Waals surface area contributed by atoms with Gasteiger partial charge in [0.2, 0.25) is 47.3 Å². The first kappa shape index (κ1) is 59.5. The van der Waals surface area contributed by atoms with E-state index in [4.69, 9.17) is 0 Å². The van der Waals surface area contributed by atoms with E-state index in [0.29, 0.717) is 0 Å². The number of carbonyl (C=O) groups excluding carboxylic acids is 8. The Morgan fingerprint density at radius 3 is 1.30 bits per heavy atom. The van der Waals surface area contributed by atoms with E-state index in [9.17, 15) is 38.4 Å². The maximum absolute atomic E-state index is 14.7. The first-order valence-electron chi connectivity index (χ1n) is 27.8.